The minimum Gasteiger partial charge on any atom is -0.345 e. The molecule has 0 unspecified atom stereocenters. The molecule has 1 aromatic carbocycles. The molecule has 1 fully saturated rings. The van der Waals surface area contributed by atoms with Crippen molar-refractivity contribution in [2.45, 2.75) is 31.3 Å². The molecule has 8 heteroatoms. The molecule has 0 radical (unpaired) electrons. The van der Waals surface area contributed by atoms with Crippen LogP contribution in [-0.4, -0.2) is 63.4 Å². The molecule has 4 rings (SSSR count). The first-order valence-corrected chi connectivity index (χ1v) is 9.48. The number of nitrogens with one attached hydrogen (secondary N) is 1. The van der Waals surface area contributed by atoms with Crippen molar-refractivity contribution in [1.82, 2.24) is 19.8 Å². The first-order valence-electron chi connectivity index (χ1n) is 9.48. The van der Waals surface area contributed by atoms with Gasteiger partial charge in [0.05, 0.1) is 17.4 Å². The summed E-state index contributed by atoms with van der Waals surface area (Å²) in [6.07, 6.45) is 9.24. The zero-order chi connectivity index (χ0) is 19.6. The molecule has 0 atom stereocenters. The van der Waals surface area contributed by atoms with Crippen LogP contribution in [0.25, 0.3) is 11.0 Å². The summed E-state index contributed by atoms with van der Waals surface area (Å²) >= 11 is 0. The quantitative estimate of drug-likeness (QED) is 0.781. The van der Waals surface area contributed by atoms with Crippen molar-refractivity contribution >= 4 is 22.8 Å². The number of benzene rings is 1. The Morgan fingerprint density at radius 1 is 1.14 bits per heavy atom. The predicted octanol–water partition coefficient (Wildman–Crippen LogP) is 2.20. The summed E-state index contributed by atoms with van der Waals surface area (Å²) in [5.74, 6) is 2.66. The van der Waals surface area contributed by atoms with Crippen LogP contribution in [0.1, 0.15) is 36.0 Å². The van der Waals surface area contributed by atoms with Gasteiger partial charge < -0.3 is 14.8 Å². The number of hydrogen-bond acceptors (Lipinski definition) is 5. The number of H-pyrrole nitrogens is 1. The van der Waals surface area contributed by atoms with Gasteiger partial charge in [0.1, 0.15) is 0 Å². The molecule has 2 amide bonds. The van der Waals surface area contributed by atoms with E-state index < -0.39 is 5.66 Å². The largest absolute Gasteiger partial charge is 0.345 e. The SMILES string of the molecule is C#CCCC1(CCC(=O)N2CCN(C(=O)c3ccc4nc[nH]c4c3)CC2)N=N1. The fourth-order valence-corrected chi connectivity index (χ4v) is 3.54. The molecule has 3 heterocycles. The lowest BCUT2D eigenvalue weighted by Gasteiger charge is -2.35. The highest BCUT2D eigenvalue weighted by Crippen LogP contribution is 2.37. The van der Waals surface area contributed by atoms with Gasteiger partial charge in [-0.15, -0.1) is 12.3 Å². The van der Waals surface area contributed by atoms with Gasteiger partial charge in [-0.3, -0.25) is 9.59 Å². The van der Waals surface area contributed by atoms with Crippen LogP contribution in [0.15, 0.2) is 34.8 Å². The molecule has 2 aliphatic rings. The third-order valence-electron chi connectivity index (χ3n) is 5.38. The minimum absolute atomic E-state index is 0.0209. The molecule has 8 nitrogen and oxygen atoms in total. The van der Waals surface area contributed by atoms with Gasteiger partial charge in [-0.05, 0) is 18.2 Å². The number of piperazine rings is 1. The highest BCUT2D eigenvalue weighted by molar-refractivity contribution is 5.97. The molecular weight excluding hydrogens is 356 g/mol. The number of rotatable bonds is 6. The fraction of sp³-hybridized carbons (Fsp3) is 0.450. The summed E-state index contributed by atoms with van der Waals surface area (Å²) in [5, 5.41) is 8.15. The van der Waals surface area contributed by atoms with E-state index in [0.717, 1.165) is 11.0 Å². The molecule has 144 valence electrons. The van der Waals surface area contributed by atoms with Gasteiger partial charge in [0.2, 0.25) is 5.91 Å². The molecule has 0 aliphatic carbocycles. The second kappa shape index (κ2) is 7.43. The molecule has 28 heavy (non-hydrogen) atoms. The zero-order valence-corrected chi connectivity index (χ0v) is 15.6. The van der Waals surface area contributed by atoms with Crippen molar-refractivity contribution < 1.29 is 9.59 Å². The number of fused-ring (bicyclic) bond motifs is 1. The Morgan fingerprint density at radius 2 is 1.89 bits per heavy atom. The fourth-order valence-electron chi connectivity index (χ4n) is 3.54. The number of imidazole rings is 1. The number of nitrogens with zero attached hydrogens (tertiary/aromatic N) is 5. The summed E-state index contributed by atoms with van der Waals surface area (Å²) in [5.41, 5.74) is 1.88. The van der Waals surface area contributed by atoms with Crippen LogP contribution in [0.2, 0.25) is 0 Å². The van der Waals surface area contributed by atoms with E-state index in [1.165, 1.54) is 0 Å². The van der Waals surface area contributed by atoms with Crippen LogP contribution in [0.4, 0.5) is 0 Å². The van der Waals surface area contributed by atoms with Crippen LogP contribution in [-0.2, 0) is 4.79 Å². The van der Waals surface area contributed by atoms with Crippen LogP contribution in [0, 0.1) is 12.3 Å². The smallest absolute Gasteiger partial charge is 0.254 e. The standard InChI is InChI=1S/C20H22N6O2/c1-2-3-7-20(23-24-20)8-6-18(27)25-9-11-26(12-10-25)19(28)15-4-5-16-17(13-15)22-14-21-16/h1,4-5,13-14H,3,6-12H2,(H,21,22). The molecule has 1 aromatic heterocycles. The lowest BCUT2D eigenvalue weighted by molar-refractivity contribution is -0.132. The number of terminal acetylenes is 1. The Hall–Kier alpha value is -3.21. The number of hydrogen-bond donors (Lipinski definition) is 1. The monoisotopic (exact) mass is 378 g/mol. The van der Waals surface area contributed by atoms with E-state index in [0.29, 0.717) is 57.4 Å². The Kier molecular flexibility index (Phi) is 4.82. The van der Waals surface area contributed by atoms with Gasteiger partial charge in [0.15, 0.2) is 5.66 Å². The third kappa shape index (κ3) is 3.74. The van der Waals surface area contributed by atoms with Crippen molar-refractivity contribution in [3.8, 4) is 12.3 Å². The topological polar surface area (TPSA) is 94.0 Å². The van der Waals surface area contributed by atoms with E-state index in [9.17, 15) is 9.59 Å². The number of aromatic nitrogens is 2. The second-order valence-corrected chi connectivity index (χ2v) is 7.19. The molecule has 0 bridgehead atoms. The van der Waals surface area contributed by atoms with Crippen LogP contribution in [0.3, 0.4) is 0 Å². The van der Waals surface area contributed by atoms with Gasteiger partial charge in [-0.2, -0.15) is 10.2 Å². The van der Waals surface area contributed by atoms with Crippen molar-refractivity contribution in [3.63, 3.8) is 0 Å². The summed E-state index contributed by atoms with van der Waals surface area (Å²) in [6.45, 7) is 2.15. The average Bonchev–Trinajstić information content (AvgIpc) is 3.35. The summed E-state index contributed by atoms with van der Waals surface area (Å²) in [6, 6.07) is 5.45. The van der Waals surface area contributed by atoms with Gasteiger partial charge >= 0.3 is 0 Å². The van der Waals surface area contributed by atoms with E-state index in [2.05, 4.69) is 26.1 Å². The molecular formula is C20H22N6O2. The Morgan fingerprint density at radius 3 is 2.61 bits per heavy atom. The number of amides is 2. The van der Waals surface area contributed by atoms with Gasteiger partial charge in [-0.25, -0.2) is 4.98 Å². The highest BCUT2D eigenvalue weighted by Gasteiger charge is 2.39. The molecule has 0 spiro atoms. The van der Waals surface area contributed by atoms with Crippen molar-refractivity contribution in [3.05, 3.63) is 30.1 Å². The normalized spacial score (nSPS) is 17.5. The van der Waals surface area contributed by atoms with Crippen molar-refractivity contribution in [1.29, 1.82) is 0 Å². The molecule has 0 saturated carbocycles. The van der Waals surface area contributed by atoms with E-state index in [1.807, 2.05) is 17.0 Å². The predicted molar refractivity (Wildman–Crippen MR) is 103 cm³/mol. The second-order valence-electron chi connectivity index (χ2n) is 7.19. The van der Waals surface area contributed by atoms with Crippen LogP contribution < -0.4 is 0 Å². The Labute approximate surface area is 163 Å². The first-order chi connectivity index (χ1) is 13.6. The number of carbonyl (C=O) groups excluding carboxylic acids is 2. The Balaban J connectivity index is 1.27. The molecule has 2 aliphatic heterocycles. The van der Waals surface area contributed by atoms with Crippen molar-refractivity contribution in [2.75, 3.05) is 26.2 Å². The Bertz CT molecular complexity index is 958. The van der Waals surface area contributed by atoms with Crippen LogP contribution >= 0.6 is 0 Å². The highest BCUT2D eigenvalue weighted by atomic mass is 16.2. The minimum atomic E-state index is -0.425. The van der Waals surface area contributed by atoms with Crippen LogP contribution in [0.5, 0.6) is 0 Å². The first kappa shape index (κ1) is 18.2. The summed E-state index contributed by atoms with van der Waals surface area (Å²) in [4.78, 5) is 36.1. The third-order valence-corrected chi connectivity index (χ3v) is 5.38. The van der Waals surface area contributed by atoms with Gasteiger partial charge in [-0.1, -0.05) is 0 Å². The van der Waals surface area contributed by atoms with E-state index in [1.54, 1.807) is 17.3 Å². The molecule has 1 saturated heterocycles. The molecule has 2 aromatic rings. The van der Waals surface area contributed by atoms with Gasteiger partial charge in [0.25, 0.3) is 5.91 Å². The lowest BCUT2D eigenvalue weighted by Crippen LogP contribution is -2.50. The zero-order valence-electron chi connectivity index (χ0n) is 15.6. The van der Waals surface area contributed by atoms with Crippen molar-refractivity contribution in [2.24, 2.45) is 10.2 Å². The maximum Gasteiger partial charge on any atom is 0.254 e. The number of carbonyl (C=O) groups is 2. The summed E-state index contributed by atoms with van der Waals surface area (Å²) in [7, 11) is 0. The number of aromatic amines is 1. The van der Waals surface area contributed by atoms with E-state index in [-0.39, 0.29) is 11.8 Å². The summed E-state index contributed by atoms with van der Waals surface area (Å²) < 4.78 is 0. The van der Waals surface area contributed by atoms with E-state index in [4.69, 9.17) is 6.42 Å². The maximum atomic E-state index is 12.8. The lowest BCUT2D eigenvalue weighted by atomic mass is 10.0. The van der Waals surface area contributed by atoms with E-state index >= 15 is 0 Å². The average molecular weight is 378 g/mol. The maximum absolute atomic E-state index is 12.8. The molecule has 1 N–H and O–H groups in total. The van der Waals surface area contributed by atoms with Gasteiger partial charge in [0, 0.05) is 57.4 Å².